The summed E-state index contributed by atoms with van der Waals surface area (Å²) in [6, 6.07) is 17.7. The van der Waals surface area contributed by atoms with E-state index >= 15 is 0 Å². The first-order valence-corrected chi connectivity index (χ1v) is 11.3. The molecule has 0 unspecified atom stereocenters. The second-order valence-corrected chi connectivity index (χ2v) is 8.33. The summed E-state index contributed by atoms with van der Waals surface area (Å²) in [6.07, 6.45) is 1.59. The fraction of sp³-hybridized carbons (Fsp3) is 0.208. The van der Waals surface area contributed by atoms with Crippen LogP contribution in [0.5, 0.6) is 0 Å². The standard InChI is InChI=1S/C24H22N4O4S/c1-2-21-27-28-22(30)14-17(25-24(28)33-21)15-32-23(31)18-10-6-7-11-19(18)26-20(29)13-12-16-8-4-3-5-9-16/h3-11,14H,2,12-13,15H2,1H3,(H,26,29). The lowest BCUT2D eigenvalue weighted by molar-refractivity contribution is -0.116. The van der Waals surface area contributed by atoms with Gasteiger partial charge in [0.2, 0.25) is 10.9 Å². The Kier molecular flexibility index (Phi) is 6.89. The molecule has 4 rings (SSSR count). The number of rotatable bonds is 8. The maximum Gasteiger partial charge on any atom is 0.340 e. The lowest BCUT2D eigenvalue weighted by atomic mass is 10.1. The van der Waals surface area contributed by atoms with Crippen LogP contribution in [0.2, 0.25) is 0 Å². The minimum absolute atomic E-state index is 0.166. The molecule has 0 saturated heterocycles. The number of benzene rings is 2. The van der Waals surface area contributed by atoms with Crippen molar-refractivity contribution in [2.45, 2.75) is 32.8 Å². The van der Waals surface area contributed by atoms with E-state index in [9.17, 15) is 14.4 Å². The van der Waals surface area contributed by atoms with Gasteiger partial charge in [-0.25, -0.2) is 9.78 Å². The highest BCUT2D eigenvalue weighted by molar-refractivity contribution is 7.16. The topological polar surface area (TPSA) is 103 Å². The minimum Gasteiger partial charge on any atom is -0.456 e. The molecule has 0 fully saturated rings. The SMILES string of the molecule is CCc1nn2c(=O)cc(COC(=O)c3ccccc3NC(=O)CCc3ccccc3)nc2s1. The van der Waals surface area contributed by atoms with Gasteiger partial charge in [0.1, 0.15) is 11.6 Å². The number of ether oxygens (including phenoxy) is 1. The van der Waals surface area contributed by atoms with E-state index in [2.05, 4.69) is 15.4 Å². The Bertz CT molecular complexity index is 1350. The molecule has 8 nitrogen and oxygen atoms in total. The normalized spacial score (nSPS) is 10.8. The number of hydrogen-bond donors (Lipinski definition) is 1. The Morgan fingerprint density at radius 1 is 1.09 bits per heavy atom. The molecule has 168 valence electrons. The second-order valence-electron chi connectivity index (χ2n) is 7.28. The molecule has 0 atom stereocenters. The van der Waals surface area contributed by atoms with Gasteiger partial charge in [0.25, 0.3) is 5.56 Å². The van der Waals surface area contributed by atoms with Crippen molar-refractivity contribution >= 4 is 33.9 Å². The molecule has 0 saturated carbocycles. The number of aryl methyl sites for hydroxylation is 2. The van der Waals surface area contributed by atoms with E-state index in [1.807, 2.05) is 37.3 Å². The maximum atomic E-state index is 12.7. The first-order chi connectivity index (χ1) is 16.0. The third kappa shape index (κ3) is 5.50. The number of hydrogen-bond acceptors (Lipinski definition) is 7. The van der Waals surface area contributed by atoms with Gasteiger partial charge in [0, 0.05) is 12.5 Å². The van der Waals surface area contributed by atoms with Gasteiger partial charge in [-0.2, -0.15) is 9.61 Å². The van der Waals surface area contributed by atoms with Crippen LogP contribution in [0.15, 0.2) is 65.5 Å². The molecule has 0 spiro atoms. The van der Waals surface area contributed by atoms with Gasteiger partial charge in [0.15, 0.2) is 0 Å². The molecule has 0 bridgehead atoms. The zero-order valence-electron chi connectivity index (χ0n) is 18.0. The molecule has 2 heterocycles. The second kappa shape index (κ2) is 10.2. The van der Waals surface area contributed by atoms with Crippen molar-refractivity contribution in [2.75, 3.05) is 5.32 Å². The third-order valence-electron chi connectivity index (χ3n) is 4.90. The molecular formula is C24H22N4O4S. The number of nitrogens with one attached hydrogen (secondary N) is 1. The highest BCUT2D eigenvalue weighted by Gasteiger charge is 2.16. The number of amides is 1. The Morgan fingerprint density at radius 2 is 1.85 bits per heavy atom. The molecule has 2 aromatic carbocycles. The van der Waals surface area contributed by atoms with E-state index in [1.165, 1.54) is 21.9 Å². The van der Waals surface area contributed by atoms with Crippen LogP contribution in [0.3, 0.4) is 0 Å². The van der Waals surface area contributed by atoms with Crippen LogP contribution in [0.1, 0.15) is 40.0 Å². The largest absolute Gasteiger partial charge is 0.456 e. The van der Waals surface area contributed by atoms with E-state index in [0.717, 1.165) is 10.6 Å². The van der Waals surface area contributed by atoms with Crippen LogP contribution in [-0.2, 0) is 29.0 Å². The van der Waals surface area contributed by atoms with Crippen LogP contribution in [-0.4, -0.2) is 26.5 Å². The number of para-hydroxylation sites is 1. The molecule has 33 heavy (non-hydrogen) atoms. The smallest absolute Gasteiger partial charge is 0.340 e. The molecular weight excluding hydrogens is 440 g/mol. The first-order valence-electron chi connectivity index (χ1n) is 10.5. The summed E-state index contributed by atoms with van der Waals surface area (Å²) < 4.78 is 6.63. The average molecular weight is 463 g/mol. The van der Waals surface area contributed by atoms with Crippen LogP contribution >= 0.6 is 11.3 Å². The fourth-order valence-corrected chi connectivity index (χ4v) is 4.07. The fourth-order valence-electron chi connectivity index (χ4n) is 3.22. The predicted octanol–water partition coefficient (Wildman–Crippen LogP) is 3.64. The molecule has 0 aliphatic rings. The van der Waals surface area contributed by atoms with Gasteiger partial charge < -0.3 is 10.1 Å². The van der Waals surface area contributed by atoms with E-state index in [1.54, 1.807) is 24.3 Å². The lowest BCUT2D eigenvalue weighted by Crippen LogP contribution is -2.18. The number of carbonyl (C=O) groups is 2. The zero-order chi connectivity index (χ0) is 23.2. The monoisotopic (exact) mass is 462 g/mol. The van der Waals surface area contributed by atoms with Crippen molar-refractivity contribution in [1.29, 1.82) is 0 Å². The molecule has 4 aromatic rings. The number of anilines is 1. The molecule has 2 aromatic heterocycles. The van der Waals surface area contributed by atoms with Crippen molar-refractivity contribution in [3.8, 4) is 0 Å². The number of carbonyl (C=O) groups excluding carboxylic acids is 2. The van der Waals surface area contributed by atoms with Gasteiger partial charge in [-0.05, 0) is 30.5 Å². The molecule has 0 aliphatic heterocycles. The zero-order valence-corrected chi connectivity index (χ0v) is 18.8. The van der Waals surface area contributed by atoms with Crippen LogP contribution in [0.4, 0.5) is 5.69 Å². The minimum atomic E-state index is -0.616. The maximum absolute atomic E-state index is 12.7. The van der Waals surface area contributed by atoms with E-state index in [4.69, 9.17) is 4.74 Å². The Morgan fingerprint density at radius 3 is 2.64 bits per heavy atom. The Hall–Kier alpha value is -3.85. The van der Waals surface area contributed by atoms with Gasteiger partial charge >= 0.3 is 5.97 Å². The molecule has 1 N–H and O–H groups in total. The number of nitrogens with zero attached hydrogens (tertiary/aromatic N) is 3. The molecule has 0 radical (unpaired) electrons. The summed E-state index contributed by atoms with van der Waals surface area (Å²) in [7, 11) is 0. The third-order valence-corrected chi connectivity index (χ3v) is 5.95. The van der Waals surface area contributed by atoms with Gasteiger partial charge in [0.05, 0.1) is 16.9 Å². The van der Waals surface area contributed by atoms with E-state index in [0.29, 0.717) is 29.2 Å². The highest BCUT2D eigenvalue weighted by Crippen LogP contribution is 2.18. The van der Waals surface area contributed by atoms with Crippen molar-refractivity contribution < 1.29 is 14.3 Å². The number of esters is 1. The highest BCUT2D eigenvalue weighted by atomic mass is 32.1. The van der Waals surface area contributed by atoms with Crippen LogP contribution in [0.25, 0.3) is 4.96 Å². The van der Waals surface area contributed by atoms with Gasteiger partial charge in [-0.15, -0.1) is 0 Å². The van der Waals surface area contributed by atoms with Crippen molar-refractivity contribution in [3.63, 3.8) is 0 Å². The Labute approximate surface area is 193 Å². The Balaban J connectivity index is 1.41. The van der Waals surface area contributed by atoms with E-state index < -0.39 is 5.97 Å². The predicted molar refractivity (Wildman–Crippen MR) is 125 cm³/mol. The summed E-state index contributed by atoms with van der Waals surface area (Å²) >= 11 is 1.32. The van der Waals surface area contributed by atoms with Crippen molar-refractivity contribution in [3.05, 3.63) is 92.8 Å². The summed E-state index contributed by atoms with van der Waals surface area (Å²) in [5.41, 5.74) is 1.68. The quantitative estimate of drug-likeness (QED) is 0.401. The molecule has 1 amide bonds. The number of aromatic nitrogens is 3. The average Bonchev–Trinajstić information content (AvgIpc) is 3.26. The lowest BCUT2D eigenvalue weighted by Gasteiger charge is -2.11. The summed E-state index contributed by atoms with van der Waals surface area (Å²) in [5, 5.41) is 7.78. The van der Waals surface area contributed by atoms with E-state index in [-0.39, 0.29) is 30.1 Å². The van der Waals surface area contributed by atoms with Crippen molar-refractivity contribution in [1.82, 2.24) is 14.6 Å². The van der Waals surface area contributed by atoms with Crippen molar-refractivity contribution in [2.24, 2.45) is 0 Å². The molecule has 0 aliphatic carbocycles. The summed E-state index contributed by atoms with van der Waals surface area (Å²) in [5.74, 6) is -0.814. The van der Waals surface area contributed by atoms with Crippen LogP contribution in [0, 0.1) is 0 Å². The summed E-state index contributed by atoms with van der Waals surface area (Å²) in [6.45, 7) is 1.78. The summed E-state index contributed by atoms with van der Waals surface area (Å²) in [4.78, 5) is 42.2. The number of fused-ring (bicyclic) bond motifs is 1. The first kappa shape index (κ1) is 22.3. The van der Waals surface area contributed by atoms with Gasteiger partial charge in [-0.1, -0.05) is 60.7 Å². The van der Waals surface area contributed by atoms with Crippen LogP contribution < -0.4 is 10.9 Å². The van der Waals surface area contributed by atoms with Gasteiger partial charge in [-0.3, -0.25) is 9.59 Å². The molecule has 9 heteroatoms.